The van der Waals surface area contributed by atoms with Crippen LogP contribution in [-0.2, 0) is 20.9 Å². The van der Waals surface area contributed by atoms with Gasteiger partial charge in [0, 0.05) is 0 Å². The Hall–Kier alpha value is -3.27. The average Bonchev–Trinajstić information content (AvgIpc) is 3.17. The number of ether oxygens (including phenoxy) is 1. The van der Waals surface area contributed by atoms with Crippen LogP contribution in [0.4, 0.5) is 9.93 Å². The maximum Gasteiger partial charge on any atom is 0.350 e. The Morgan fingerprint density at radius 2 is 2.00 bits per heavy atom. The van der Waals surface area contributed by atoms with E-state index >= 15 is 0 Å². The number of imide groups is 1. The van der Waals surface area contributed by atoms with Crippen LogP contribution in [-0.4, -0.2) is 46.3 Å². The van der Waals surface area contributed by atoms with E-state index in [1.807, 2.05) is 30.3 Å². The fourth-order valence-electron chi connectivity index (χ4n) is 2.82. The van der Waals surface area contributed by atoms with Crippen molar-refractivity contribution in [2.24, 2.45) is 0 Å². The second-order valence-electron chi connectivity index (χ2n) is 6.32. The highest BCUT2D eigenvalue weighted by Crippen LogP contribution is 2.24. The zero-order valence-corrected chi connectivity index (χ0v) is 16.7. The van der Waals surface area contributed by atoms with Crippen molar-refractivity contribution < 1.29 is 23.9 Å². The van der Waals surface area contributed by atoms with E-state index in [4.69, 9.17) is 4.74 Å². The van der Waals surface area contributed by atoms with Crippen LogP contribution in [0.3, 0.4) is 0 Å². The number of esters is 1. The van der Waals surface area contributed by atoms with E-state index in [2.05, 4.69) is 15.6 Å². The van der Waals surface area contributed by atoms with Gasteiger partial charge in [0.1, 0.15) is 10.9 Å². The van der Waals surface area contributed by atoms with Gasteiger partial charge in [0.05, 0.1) is 25.3 Å². The van der Waals surface area contributed by atoms with E-state index in [1.54, 1.807) is 13.8 Å². The standard InChI is InChI=1S/C19H20N4O5S/c1-3-28-17(26)15-11(2)20-18(29-15)22-14(24)9-13-16(25)23(19(27)21-13)10-12-7-5-4-6-8-12/h4-8,13H,3,9-10H2,1-2H3,(H,21,27)(H,20,22,24). The van der Waals surface area contributed by atoms with E-state index in [1.165, 1.54) is 0 Å². The lowest BCUT2D eigenvalue weighted by Gasteiger charge is -2.12. The Morgan fingerprint density at radius 1 is 1.28 bits per heavy atom. The van der Waals surface area contributed by atoms with Gasteiger partial charge in [-0.1, -0.05) is 41.7 Å². The molecule has 3 rings (SSSR count). The number of carbonyl (C=O) groups is 4. The van der Waals surface area contributed by atoms with Gasteiger partial charge in [-0.3, -0.25) is 14.5 Å². The van der Waals surface area contributed by atoms with Gasteiger partial charge in [0.25, 0.3) is 5.91 Å². The van der Waals surface area contributed by atoms with E-state index in [9.17, 15) is 19.2 Å². The van der Waals surface area contributed by atoms with Gasteiger partial charge in [-0.25, -0.2) is 14.6 Å². The van der Waals surface area contributed by atoms with Crippen molar-refractivity contribution >= 4 is 40.3 Å². The van der Waals surface area contributed by atoms with E-state index < -0.39 is 29.9 Å². The summed E-state index contributed by atoms with van der Waals surface area (Å²) in [4.78, 5) is 54.3. The van der Waals surface area contributed by atoms with Crippen molar-refractivity contribution in [3.8, 4) is 0 Å². The van der Waals surface area contributed by atoms with Crippen LogP contribution in [0.5, 0.6) is 0 Å². The summed E-state index contributed by atoms with van der Waals surface area (Å²) < 4.78 is 4.94. The molecule has 1 aromatic carbocycles. The van der Waals surface area contributed by atoms with E-state index in [-0.39, 0.29) is 24.7 Å². The first-order valence-electron chi connectivity index (χ1n) is 8.99. The molecule has 1 atom stereocenters. The van der Waals surface area contributed by atoms with Crippen molar-refractivity contribution in [2.75, 3.05) is 11.9 Å². The third kappa shape index (κ3) is 4.77. The highest BCUT2D eigenvalue weighted by molar-refractivity contribution is 7.17. The molecule has 0 saturated carbocycles. The van der Waals surface area contributed by atoms with E-state index in [0.29, 0.717) is 10.6 Å². The molecule has 4 amide bonds. The maximum atomic E-state index is 12.5. The number of hydrogen-bond donors (Lipinski definition) is 2. The van der Waals surface area contributed by atoms with Gasteiger partial charge in [-0.2, -0.15) is 0 Å². The minimum atomic E-state index is -0.947. The molecule has 1 unspecified atom stereocenters. The minimum absolute atomic E-state index is 0.137. The van der Waals surface area contributed by atoms with Gasteiger partial charge in [-0.05, 0) is 19.4 Å². The van der Waals surface area contributed by atoms with Crippen LogP contribution < -0.4 is 10.6 Å². The molecule has 2 N–H and O–H groups in total. The summed E-state index contributed by atoms with van der Waals surface area (Å²) in [7, 11) is 0. The van der Waals surface area contributed by atoms with Gasteiger partial charge in [0.2, 0.25) is 5.91 Å². The quantitative estimate of drug-likeness (QED) is 0.527. The summed E-state index contributed by atoms with van der Waals surface area (Å²) in [6.45, 7) is 3.71. The number of aromatic nitrogens is 1. The minimum Gasteiger partial charge on any atom is -0.462 e. The van der Waals surface area contributed by atoms with Crippen molar-refractivity contribution in [3.63, 3.8) is 0 Å². The molecule has 2 aromatic rings. The molecular formula is C19H20N4O5S. The largest absolute Gasteiger partial charge is 0.462 e. The topological polar surface area (TPSA) is 118 Å². The molecule has 1 aliphatic heterocycles. The smallest absolute Gasteiger partial charge is 0.350 e. The van der Waals surface area contributed by atoms with Crippen molar-refractivity contribution in [1.29, 1.82) is 0 Å². The summed E-state index contributed by atoms with van der Waals surface area (Å²) in [6, 6.07) is 7.62. The molecule has 1 aromatic heterocycles. The van der Waals surface area contributed by atoms with Crippen LogP contribution in [0.2, 0.25) is 0 Å². The number of benzene rings is 1. The zero-order valence-electron chi connectivity index (χ0n) is 15.9. The van der Waals surface area contributed by atoms with Crippen LogP contribution in [0.25, 0.3) is 0 Å². The van der Waals surface area contributed by atoms with Gasteiger partial charge >= 0.3 is 12.0 Å². The van der Waals surface area contributed by atoms with Crippen LogP contribution >= 0.6 is 11.3 Å². The molecule has 0 aliphatic carbocycles. The molecule has 29 heavy (non-hydrogen) atoms. The Morgan fingerprint density at radius 3 is 2.69 bits per heavy atom. The second-order valence-corrected chi connectivity index (χ2v) is 7.32. The van der Waals surface area contributed by atoms with E-state index in [0.717, 1.165) is 21.8 Å². The number of amides is 4. The van der Waals surface area contributed by atoms with Gasteiger partial charge < -0.3 is 15.4 Å². The lowest BCUT2D eigenvalue weighted by atomic mass is 10.2. The Balaban J connectivity index is 1.60. The first-order chi connectivity index (χ1) is 13.9. The fraction of sp³-hybridized carbons (Fsp3) is 0.316. The average molecular weight is 416 g/mol. The SMILES string of the molecule is CCOC(=O)c1sc(NC(=O)CC2NC(=O)N(Cc3ccccc3)C2=O)nc1C. The number of aryl methyl sites for hydroxylation is 1. The highest BCUT2D eigenvalue weighted by atomic mass is 32.1. The molecule has 1 aliphatic rings. The number of hydrogen-bond acceptors (Lipinski definition) is 7. The van der Waals surface area contributed by atoms with Crippen LogP contribution in [0, 0.1) is 6.92 Å². The number of nitrogens with one attached hydrogen (secondary N) is 2. The van der Waals surface area contributed by atoms with Crippen LogP contribution in [0.1, 0.15) is 34.3 Å². The highest BCUT2D eigenvalue weighted by Gasteiger charge is 2.39. The Kier molecular flexibility index (Phi) is 6.23. The normalized spacial score (nSPS) is 15.9. The predicted molar refractivity (Wildman–Crippen MR) is 105 cm³/mol. The monoisotopic (exact) mass is 416 g/mol. The number of urea groups is 1. The zero-order chi connectivity index (χ0) is 21.0. The first-order valence-corrected chi connectivity index (χ1v) is 9.81. The molecular weight excluding hydrogens is 396 g/mol. The Bertz CT molecular complexity index is 943. The predicted octanol–water partition coefficient (Wildman–Crippen LogP) is 2.08. The molecule has 1 saturated heterocycles. The lowest BCUT2D eigenvalue weighted by Crippen LogP contribution is -2.34. The van der Waals surface area contributed by atoms with Gasteiger partial charge in [0.15, 0.2) is 5.13 Å². The number of nitrogens with zero attached hydrogens (tertiary/aromatic N) is 2. The van der Waals surface area contributed by atoms with Crippen molar-refractivity contribution in [1.82, 2.24) is 15.2 Å². The molecule has 0 bridgehead atoms. The summed E-state index contributed by atoms with van der Waals surface area (Å²) >= 11 is 0.997. The number of thiazole rings is 1. The number of anilines is 1. The summed E-state index contributed by atoms with van der Waals surface area (Å²) in [5.74, 6) is -1.45. The molecule has 1 fully saturated rings. The van der Waals surface area contributed by atoms with Crippen molar-refractivity contribution in [2.45, 2.75) is 32.9 Å². The second kappa shape index (κ2) is 8.82. The number of carbonyl (C=O) groups excluding carboxylic acids is 4. The first kappa shape index (κ1) is 20.5. The fourth-order valence-corrected chi connectivity index (χ4v) is 3.70. The van der Waals surface area contributed by atoms with Crippen LogP contribution in [0.15, 0.2) is 30.3 Å². The van der Waals surface area contributed by atoms with Gasteiger partial charge in [-0.15, -0.1) is 0 Å². The lowest BCUT2D eigenvalue weighted by molar-refractivity contribution is -0.130. The summed E-state index contributed by atoms with van der Waals surface area (Å²) in [6.07, 6.45) is -0.233. The molecule has 9 nitrogen and oxygen atoms in total. The molecule has 152 valence electrons. The molecule has 0 radical (unpaired) electrons. The molecule has 10 heteroatoms. The summed E-state index contributed by atoms with van der Waals surface area (Å²) in [5, 5.41) is 5.32. The third-order valence-electron chi connectivity index (χ3n) is 4.18. The Labute approximate surface area is 171 Å². The molecule has 0 spiro atoms. The van der Waals surface area contributed by atoms with Crippen molar-refractivity contribution in [3.05, 3.63) is 46.5 Å². The maximum absolute atomic E-state index is 12.5. The molecule has 2 heterocycles. The third-order valence-corrected chi connectivity index (χ3v) is 5.24. The number of rotatable bonds is 7. The summed E-state index contributed by atoms with van der Waals surface area (Å²) in [5.41, 5.74) is 1.26.